The highest BCUT2D eigenvalue weighted by Gasteiger charge is 2.44. The third-order valence-corrected chi connectivity index (χ3v) is 10.2. The largest absolute Gasteiger partial charge is 0.377 e. The van der Waals surface area contributed by atoms with E-state index in [-0.39, 0.29) is 72.1 Å². The van der Waals surface area contributed by atoms with E-state index in [1.54, 1.807) is 24.5 Å². The van der Waals surface area contributed by atoms with Crippen LogP contribution in [0.1, 0.15) is 85.9 Å². The minimum absolute atomic E-state index is 0.0939. The first-order chi connectivity index (χ1) is 19.9. The average molecular weight is 592 g/mol. The number of rotatable bonds is 7. The molecule has 0 bridgehead atoms. The number of halogens is 1. The Hall–Kier alpha value is -3.37. The van der Waals surface area contributed by atoms with Gasteiger partial charge in [0, 0.05) is 34.6 Å². The fraction of sp³-hybridized carbons (Fsp3) is 0.469. The molecule has 0 saturated carbocycles. The van der Waals surface area contributed by atoms with Crippen molar-refractivity contribution in [2.24, 2.45) is 0 Å². The van der Waals surface area contributed by atoms with Crippen molar-refractivity contribution in [2.45, 2.75) is 89.7 Å². The van der Waals surface area contributed by atoms with Crippen molar-refractivity contribution in [2.75, 3.05) is 5.75 Å². The van der Waals surface area contributed by atoms with E-state index in [0.717, 1.165) is 22.1 Å². The lowest BCUT2D eigenvalue weighted by atomic mass is 9.77. The topological polar surface area (TPSA) is 118 Å². The molecular weight excluding hydrogens is 557 g/mol. The molecule has 3 aromatic rings. The first-order valence-electron chi connectivity index (χ1n) is 14.5. The molecule has 0 fully saturated rings. The lowest BCUT2D eigenvalue weighted by molar-refractivity contribution is -0.140. The second-order valence-corrected chi connectivity index (χ2v) is 13.5. The molecule has 2 aromatic heterocycles. The smallest absolute Gasteiger partial charge is 0.254 e. The zero-order chi connectivity index (χ0) is 30.1. The monoisotopic (exact) mass is 591 g/mol. The predicted octanol–water partition coefficient (Wildman–Crippen LogP) is 4.19. The van der Waals surface area contributed by atoms with Gasteiger partial charge in [0.15, 0.2) is 11.6 Å². The molecule has 0 radical (unpaired) electrons. The number of aliphatic hydroxyl groups is 1. The molecular formula is C32H34FN3O5S. The highest BCUT2D eigenvalue weighted by molar-refractivity contribution is 8.00. The van der Waals surface area contributed by atoms with Gasteiger partial charge in [0.1, 0.15) is 11.4 Å². The zero-order valence-corrected chi connectivity index (χ0v) is 25.0. The van der Waals surface area contributed by atoms with Crippen LogP contribution in [-0.4, -0.2) is 43.1 Å². The summed E-state index contributed by atoms with van der Waals surface area (Å²) in [5.41, 5.74) is 3.01. The summed E-state index contributed by atoms with van der Waals surface area (Å²) >= 11 is 1.49. The van der Waals surface area contributed by atoms with E-state index in [9.17, 15) is 24.3 Å². The van der Waals surface area contributed by atoms with E-state index in [1.807, 2.05) is 13.8 Å². The summed E-state index contributed by atoms with van der Waals surface area (Å²) in [7, 11) is 0. The van der Waals surface area contributed by atoms with Gasteiger partial charge in [-0.05, 0) is 60.6 Å². The Balaban J connectivity index is 1.49. The van der Waals surface area contributed by atoms with Crippen molar-refractivity contribution >= 4 is 40.1 Å². The van der Waals surface area contributed by atoms with Crippen LogP contribution in [0, 0.1) is 12.7 Å². The van der Waals surface area contributed by atoms with E-state index in [2.05, 4.69) is 5.32 Å². The third-order valence-electron chi connectivity index (χ3n) is 9.03. The number of hydrogen-bond donors (Lipinski definition) is 2. The maximum Gasteiger partial charge on any atom is 0.254 e. The van der Waals surface area contributed by atoms with Crippen molar-refractivity contribution in [1.82, 2.24) is 14.9 Å². The van der Waals surface area contributed by atoms with Crippen molar-refractivity contribution in [3.63, 3.8) is 0 Å². The molecule has 220 valence electrons. The van der Waals surface area contributed by atoms with Crippen molar-refractivity contribution in [3.8, 4) is 11.4 Å². The molecule has 42 heavy (non-hydrogen) atoms. The molecule has 3 heterocycles. The number of aromatic nitrogens is 2. The summed E-state index contributed by atoms with van der Waals surface area (Å²) in [5.74, 6) is -0.939. The van der Waals surface area contributed by atoms with Gasteiger partial charge < -0.3 is 15.0 Å². The number of carbonyl (C=O) groups excluding carboxylic acids is 3. The van der Waals surface area contributed by atoms with Crippen LogP contribution >= 0.6 is 11.8 Å². The molecule has 2 aliphatic carbocycles. The van der Waals surface area contributed by atoms with Crippen molar-refractivity contribution in [1.29, 1.82) is 0 Å². The van der Waals surface area contributed by atoms with Gasteiger partial charge in [-0.2, -0.15) is 11.8 Å². The Kier molecular flexibility index (Phi) is 7.13. The highest BCUT2D eigenvalue weighted by Crippen LogP contribution is 2.46. The first-order valence-corrected chi connectivity index (χ1v) is 15.6. The number of nitrogens with one attached hydrogen (secondary N) is 1. The summed E-state index contributed by atoms with van der Waals surface area (Å²) < 4.78 is 16.7. The van der Waals surface area contributed by atoms with E-state index >= 15 is 4.39 Å². The van der Waals surface area contributed by atoms with Crippen LogP contribution in [0.3, 0.4) is 0 Å². The van der Waals surface area contributed by atoms with Crippen LogP contribution in [0.2, 0.25) is 0 Å². The fourth-order valence-corrected chi connectivity index (χ4v) is 7.44. The number of nitrogens with zero attached hydrogens (tertiary/aromatic N) is 2. The van der Waals surface area contributed by atoms with E-state index in [4.69, 9.17) is 4.98 Å². The number of aryl methyl sites for hydroxylation is 1. The van der Waals surface area contributed by atoms with Gasteiger partial charge in [0.2, 0.25) is 5.91 Å². The first kappa shape index (κ1) is 28.7. The average Bonchev–Trinajstić information content (AvgIpc) is 3.32. The van der Waals surface area contributed by atoms with Crippen LogP contribution in [0.25, 0.3) is 22.3 Å². The Morgan fingerprint density at radius 3 is 2.67 bits per heavy atom. The number of pyridine rings is 2. The predicted molar refractivity (Wildman–Crippen MR) is 159 cm³/mol. The molecule has 0 spiro atoms. The van der Waals surface area contributed by atoms with E-state index in [0.29, 0.717) is 46.4 Å². The normalized spacial score (nSPS) is 20.5. The lowest BCUT2D eigenvalue weighted by Crippen LogP contribution is -2.43. The Labute approximate surface area is 247 Å². The molecule has 1 amide bonds. The van der Waals surface area contributed by atoms with Crippen molar-refractivity contribution in [3.05, 3.63) is 61.7 Å². The molecule has 2 N–H and O–H groups in total. The summed E-state index contributed by atoms with van der Waals surface area (Å²) in [6.45, 7) is 7.66. The van der Waals surface area contributed by atoms with Crippen LogP contribution in [0.4, 0.5) is 4.39 Å². The molecule has 0 unspecified atom stereocenters. The zero-order valence-electron chi connectivity index (χ0n) is 24.2. The van der Waals surface area contributed by atoms with Crippen LogP contribution < -0.4 is 10.9 Å². The van der Waals surface area contributed by atoms with Crippen LogP contribution in [0.5, 0.6) is 0 Å². The minimum atomic E-state index is -1.75. The Bertz CT molecular complexity index is 1760. The Morgan fingerprint density at radius 2 is 1.95 bits per heavy atom. The minimum Gasteiger partial charge on any atom is -0.377 e. The van der Waals surface area contributed by atoms with E-state index in [1.165, 1.54) is 17.8 Å². The third kappa shape index (κ3) is 4.41. The molecule has 10 heteroatoms. The summed E-state index contributed by atoms with van der Waals surface area (Å²) in [4.78, 5) is 56.9. The molecule has 3 aliphatic rings. The van der Waals surface area contributed by atoms with E-state index < -0.39 is 11.6 Å². The SMILES string of the molecule is CC[C@@]1(O)C(=O)CCc2c1cc1n(c2=O)Cc2c-1nc1cc(F)c(C)c3c1c2[C@@H](NC(=O)CC(=O)CSC(C)C)CC3. The van der Waals surface area contributed by atoms with Gasteiger partial charge in [-0.25, -0.2) is 9.37 Å². The second-order valence-electron chi connectivity index (χ2n) is 11.9. The second kappa shape index (κ2) is 10.4. The molecule has 2 atom stereocenters. The van der Waals surface area contributed by atoms with Crippen LogP contribution in [0.15, 0.2) is 16.9 Å². The fourth-order valence-electron chi connectivity index (χ4n) is 6.82. The lowest BCUT2D eigenvalue weighted by Gasteiger charge is -2.32. The van der Waals surface area contributed by atoms with Crippen molar-refractivity contribution < 1.29 is 23.9 Å². The van der Waals surface area contributed by atoms with Gasteiger partial charge >= 0.3 is 0 Å². The van der Waals surface area contributed by atoms with Gasteiger partial charge in [0.05, 0.1) is 41.7 Å². The summed E-state index contributed by atoms with van der Waals surface area (Å²) in [5, 5.41) is 15.4. The van der Waals surface area contributed by atoms with Gasteiger partial charge in [0.25, 0.3) is 5.56 Å². The molecule has 1 aromatic carbocycles. The standard InChI is InChI=1S/C32H34FN3O5S/c1-5-32(41)21-11-25-30-20(13-36(25)31(40)19(21)7-9-26(32)38)29-23(34-27(39)10-17(37)14-42-15(2)3)8-6-18-16(4)22(33)12-24(35-30)28(18)29/h11-12,15,23,41H,5-10,13-14H2,1-4H3,(H,34,39)/t23-,32-/m0/s1. The summed E-state index contributed by atoms with van der Waals surface area (Å²) in [6, 6.07) is 2.63. The highest BCUT2D eigenvalue weighted by atomic mass is 32.2. The number of hydrogen-bond acceptors (Lipinski definition) is 7. The molecule has 1 aliphatic heterocycles. The number of carbonyl (C=O) groups is 3. The van der Waals surface area contributed by atoms with Gasteiger partial charge in [-0.1, -0.05) is 20.8 Å². The number of fused-ring (bicyclic) bond motifs is 5. The maximum atomic E-state index is 15.1. The van der Waals surface area contributed by atoms with Crippen LogP contribution in [-0.2, 0) is 39.4 Å². The Morgan fingerprint density at radius 1 is 1.19 bits per heavy atom. The summed E-state index contributed by atoms with van der Waals surface area (Å²) in [6.07, 6.45) is 1.30. The number of amides is 1. The van der Waals surface area contributed by atoms with Gasteiger partial charge in [-0.15, -0.1) is 0 Å². The number of ketones is 2. The van der Waals surface area contributed by atoms with Gasteiger partial charge in [-0.3, -0.25) is 19.2 Å². The number of benzene rings is 1. The molecule has 6 rings (SSSR count). The quantitative estimate of drug-likeness (QED) is 0.310. The number of thioether (sulfide) groups is 1. The molecule has 8 nitrogen and oxygen atoms in total. The maximum absolute atomic E-state index is 15.1. The number of Topliss-reactive ketones (excluding diaryl/α,β-unsaturated/α-hetero) is 2. The molecule has 0 saturated heterocycles.